The van der Waals surface area contributed by atoms with Crippen molar-refractivity contribution in [1.29, 1.82) is 0 Å². The van der Waals surface area contributed by atoms with Crippen LogP contribution >= 0.6 is 34.2 Å². The lowest BCUT2D eigenvalue weighted by Gasteiger charge is -2.15. The molecule has 2 aromatic rings. The first-order valence-electron chi connectivity index (χ1n) is 5.52. The van der Waals surface area contributed by atoms with E-state index in [4.69, 9.17) is 17.3 Å². The maximum atomic E-state index is 13.6. The highest BCUT2D eigenvalue weighted by Crippen LogP contribution is 2.25. The van der Waals surface area contributed by atoms with Gasteiger partial charge in [-0.1, -0.05) is 29.8 Å². The fourth-order valence-corrected chi connectivity index (χ4v) is 2.73. The molecule has 4 heteroatoms. The molecule has 0 fully saturated rings. The summed E-state index contributed by atoms with van der Waals surface area (Å²) in [7, 11) is 0. The molecule has 0 bridgehead atoms. The largest absolute Gasteiger partial charge is 0.324 e. The summed E-state index contributed by atoms with van der Waals surface area (Å²) in [5.41, 5.74) is 7.71. The summed E-state index contributed by atoms with van der Waals surface area (Å²) >= 11 is 8.17. The molecule has 2 aromatic carbocycles. The lowest BCUT2D eigenvalue weighted by atomic mass is 9.99. The Hall–Kier alpha value is -0.650. The van der Waals surface area contributed by atoms with Crippen molar-refractivity contribution in [2.75, 3.05) is 0 Å². The van der Waals surface area contributed by atoms with Crippen molar-refractivity contribution in [3.05, 3.63) is 68.0 Å². The maximum absolute atomic E-state index is 13.6. The van der Waals surface area contributed by atoms with Crippen molar-refractivity contribution in [3.8, 4) is 0 Å². The summed E-state index contributed by atoms with van der Waals surface area (Å²) in [5.74, 6) is -0.218. The van der Waals surface area contributed by atoms with Crippen LogP contribution in [0.1, 0.15) is 17.2 Å². The van der Waals surface area contributed by atoms with Crippen LogP contribution in [0.3, 0.4) is 0 Å². The smallest absolute Gasteiger partial charge is 0.126 e. The summed E-state index contributed by atoms with van der Waals surface area (Å²) in [6, 6.07) is 12.0. The van der Waals surface area contributed by atoms with E-state index in [9.17, 15) is 4.39 Å². The average molecular weight is 376 g/mol. The highest BCUT2D eigenvalue weighted by Gasteiger charge is 2.13. The van der Waals surface area contributed by atoms with Gasteiger partial charge in [-0.05, 0) is 64.4 Å². The van der Waals surface area contributed by atoms with Gasteiger partial charge in [-0.25, -0.2) is 4.39 Å². The normalized spacial score (nSPS) is 12.4. The van der Waals surface area contributed by atoms with Crippen molar-refractivity contribution >= 4 is 34.2 Å². The second-order valence-electron chi connectivity index (χ2n) is 4.07. The second-order valence-corrected chi connectivity index (χ2v) is 5.67. The molecule has 18 heavy (non-hydrogen) atoms. The molecular formula is C14H12ClFIN. The molecule has 1 unspecified atom stereocenters. The van der Waals surface area contributed by atoms with Crippen molar-refractivity contribution in [3.63, 3.8) is 0 Å². The molecule has 1 atom stereocenters. The van der Waals surface area contributed by atoms with Crippen LogP contribution in [0.4, 0.5) is 4.39 Å². The van der Waals surface area contributed by atoms with E-state index < -0.39 is 0 Å². The Labute approximate surface area is 124 Å². The molecule has 0 aliphatic carbocycles. The van der Waals surface area contributed by atoms with E-state index in [2.05, 4.69) is 22.6 Å². The summed E-state index contributed by atoms with van der Waals surface area (Å²) in [6.07, 6.45) is 0.461. The van der Waals surface area contributed by atoms with Gasteiger partial charge in [0.15, 0.2) is 0 Å². The van der Waals surface area contributed by atoms with E-state index in [1.807, 2.05) is 24.3 Å². The maximum Gasteiger partial charge on any atom is 0.126 e. The van der Waals surface area contributed by atoms with Crippen LogP contribution in [0.5, 0.6) is 0 Å². The summed E-state index contributed by atoms with van der Waals surface area (Å²) < 4.78 is 14.6. The minimum absolute atomic E-state index is 0.218. The monoisotopic (exact) mass is 375 g/mol. The SMILES string of the molecule is NC(Cc1ccccc1F)c1cc(Cl)ccc1I. The number of hydrogen-bond acceptors (Lipinski definition) is 1. The van der Waals surface area contributed by atoms with Gasteiger partial charge >= 0.3 is 0 Å². The lowest BCUT2D eigenvalue weighted by Crippen LogP contribution is -2.15. The van der Waals surface area contributed by atoms with E-state index in [1.165, 1.54) is 6.07 Å². The molecule has 0 heterocycles. The Morgan fingerprint density at radius 1 is 1.22 bits per heavy atom. The molecule has 0 spiro atoms. The molecular weight excluding hydrogens is 364 g/mol. The van der Waals surface area contributed by atoms with Crippen molar-refractivity contribution in [2.45, 2.75) is 12.5 Å². The van der Waals surface area contributed by atoms with Crippen LogP contribution < -0.4 is 5.73 Å². The quantitative estimate of drug-likeness (QED) is 0.794. The molecule has 0 amide bonds. The van der Waals surface area contributed by atoms with Gasteiger partial charge in [0, 0.05) is 14.6 Å². The van der Waals surface area contributed by atoms with Crippen molar-refractivity contribution in [1.82, 2.24) is 0 Å². The van der Waals surface area contributed by atoms with Gasteiger partial charge < -0.3 is 5.73 Å². The topological polar surface area (TPSA) is 26.0 Å². The highest BCUT2D eigenvalue weighted by molar-refractivity contribution is 14.1. The van der Waals surface area contributed by atoms with Crippen molar-refractivity contribution < 1.29 is 4.39 Å². The number of halogens is 3. The molecule has 0 aliphatic rings. The fourth-order valence-electron chi connectivity index (χ4n) is 1.81. The molecule has 0 saturated carbocycles. The van der Waals surface area contributed by atoms with E-state index in [-0.39, 0.29) is 11.9 Å². The van der Waals surface area contributed by atoms with E-state index in [1.54, 1.807) is 12.1 Å². The fraction of sp³-hybridized carbons (Fsp3) is 0.143. The number of rotatable bonds is 3. The molecule has 2 N–H and O–H groups in total. The zero-order chi connectivity index (χ0) is 13.1. The second kappa shape index (κ2) is 5.99. The molecule has 1 nitrogen and oxygen atoms in total. The molecule has 0 aliphatic heterocycles. The first-order valence-corrected chi connectivity index (χ1v) is 6.97. The van der Waals surface area contributed by atoms with Gasteiger partial charge in [-0.15, -0.1) is 0 Å². The predicted octanol–water partition coefficient (Wildman–Crippen LogP) is 4.33. The zero-order valence-corrected chi connectivity index (χ0v) is 12.5. The number of nitrogens with two attached hydrogens (primary N) is 1. The Balaban J connectivity index is 2.25. The molecule has 2 rings (SSSR count). The van der Waals surface area contributed by atoms with Crippen LogP contribution in [0, 0.1) is 9.39 Å². The van der Waals surface area contributed by atoms with Crippen LogP contribution in [0.15, 0.2) is 42.5 Å². The third-order valence-electron chi connectivity index (χ3n) is 2.76. The van der Waals surface area contributed by atoms with E-state index in [0.717, 1.165) is 9.13 Å². The highest BCUT2D eigenvalue weighted by atomic mass is 127. The van der Waals surface area contributed by atoms with Crippen LogP contribution in [0.25, 0.3) is 0 Å². The van der Waals surface area contributed by atoms with Crippen LogP contribution in [-0.2, 0) is 6.42 Å². The summed E-state index contributed by atoms with van der Waals surface area (Å²) in [4.78, 5) is 0. The Morgan fingerprint density at radius 2 is 1.94 bits per heavy atom. The standard InChI is InChI=1S/C14H12ClFIN/c15-10-5-6-13(17)11(8-10)14(18)7-9-3-1-2-4-12(9)16/h1-6,8,14H,7,18H2. The summed E-state index contributed by atoms with van der Waals surface area (Å²) in [6.45, 7) is 0. The molecule has 94 valence electrons. The number of hydrogen-bond donors (Lipinski definition) is 1. The van der Waals surface area contributed by atoms with E-state index >= 15 is 0 Å². The average Bonchev–Trinajstić information content (AvgIpc) is 2.35. The minimum Gasteiger partial charge on any atom is -0.324 e. The number of benzene rings is 2. The lowest BCUT2D eigenvalue weighted by molar-refractivity contribution is 0.593. The first-order chi connectivity index (χ1) is 8.58. The molecule has 0 aromatic heterocycles. The molecule has 0 radical (unpaired) electrons. The Bertz CT molecular complexity index is 559. The first kappa shape index (κ1) is 13.8. The predicted molar refractivity (Wildman–Crippen MR) is 81.2 cm³/mol. The van der Waals surface area contributed by atoms with E-state index in [0.29, 0.717) is 17.0 Å². The molecule has 0 saturated heterocycles. The minimum atomic E-state index is -0.257. The van der Waals surface area contributed by atoms with Gasteiger partial charge in [-0.2, -0.15) is 0 Å². The van der Waals surface area contributed by atoms with Crippen molar-refractivity contribution in [2.24, 2.45) is 5.73 Å². The van der Waals surface area contributed by atoms with Crippen LogP contribution in [0.2, 0.25) is 5.02 Å². The van der Waals surface area contributed by atoms with Crippen LogP contribution in [-0.4, -0.2) is 0 Å². The summed E-state index contributed by atoms with van der Waals surface area (Å²) in [5, 5.41) is 0.648. The van der Waals surface area contributed by atoms with Gasteiger partial charge in [0.05, 0.1) is 0 Å². The van der Waals surface area contributed by atoms with Gasteiger partial charge in [0.2, 0.25) is 0 Å². The van der Waals surface area contributed by atoms with Gasteiger partial charge in [-0.3, -0.25) is 0 Å². The van der Waals surface area contributed by atoms with Gasteiger partial charge in [0.25, 0.3) is 0 Å². The Kier molecular flexibility index (Phi) is 4.59. The third-order valence-corrected chi connectivity index (χ3v) is 3.97. The third kappa shape index (κ3) is 3.22. The van der Waals surface area contributed by atoms with Gasteiger partial charge in [0.1, 0.15) is 5.82 Å². The Morgan fingerprint density at radius 3 is 2.67 bits per heavy atom. The zero-order valence-electron chi connectivity index (χ0n) is 9.54.